The molecule has 0 unspecified atom stereocenters. The summed E-state index contributed by atoms with van der Waals surface area (Å²) in [7, 11) is -0.246. The van der Waals surface area contributed by atoms with Crippen LogP contribution in [0.25, 0.3) is 0 Å². The zero-order chi connectivity index (χ0) is 16.2. The van der Waals surface area contributed by atoms with E-state index in [1.54, 1.807) is 14.1 Å². The largest absolute Gasteiger partial charge is 0.299 e. The number of nitrogens with one attached hydrogen (secondary N) is 1. The van der Waals surface area contributed by atoms with Crippen molar-refractivity contribution in [2.75, 3.05) is 27.2 Å². The molecule has 1 aliphatic heterocycles. The van der Waals surface area contributed by atoms with Gasteiger partial charge in [-0.2, -0.15) is 17.4 Å². The van der Waals surface area contributed by atoms with Gasteiger partial charge in [0.15, 0.2) is 0 Å². The summed E-state index contributed by atoms with van der Waals surface area (Å²) in [4.78, 5) is 6.43. The van der Waals surface area contributed by atoms with E-state index in [9.17, 15) is 8.42 Å². The number of pyridine rings is 1. The average molecular weight is 326 g/mol. The first-order valence-electron chi connectivity index (χ1n) is 7.73. The Morgan fingerprint density at radius 2 is 2.05 bits per heavy atom. The summed E-state index contributed by atoms with van der Waals surface area (Å²) in [5.41, 5.74) is 1.25. The quantitative estimate of drug-likeness (QED) is 0.849. The molecule has 1 saturated heterocycles. The lowest BCUT2D eigenvalue weighted by atomic mass is 9.90. The number of piperidine rings is 1. The predicted octanol–water partition coefficient (Wildman–Crippen LogP) is 1.08. The third-order valence-corrected chi connectivity index (χ3v) is 5.84. The number of likely N-dealkylation sites (tertiary alicyclic amines) is 1. The predicted molar refractivity (Wildman–Crippen MR) is 87.4 cm³/mol. The van der Waals surface area contributed by atoms with Crippen LogP contribution < -0.4 is 4.72 Å². The maximum atomic E-state index is 12.0. The number of rotatable bonds is 6. The molecule has 124 valence electrons. The number of nitrogens with zero attached hydrogens (tertiary/aromatic N) is 3. The lowest BCUT2D eigenvalue weighted by Crippen LogP contribution is -2.52. The summed E-state index contributed by atoms with van der Waals surface area (Å²) in [5.74, 6) is 0.338. The van der Waals surface area contributed by atoms with E-state index in [-0.39, 0.29) is 6.04 Å². The summed E-state index contributed by atoms with van der Waals surface area (Å²) in [6.45, 7) is 4.84. The van der Waals surface area contributed by atoms with Gasteiger partial charge in [0.2, 0.25) is 0 Å². The molecule has 0 radical (unpaired) electrons. The van der Waals surface area contributed by atoms with Gasteiger partial charge in [-0.3, -0.25) is 9.88 Å². The van der Waals surface area contributed by atoms with Gasteiger partial charge in [-0.05, 0) is 30.0 Å². The van der Waals surface area contributed by atoms with Crippen molar-refractivity contribution in [1.82, 2.24) is 18.9 Å². The van der Waals surface area contributed by atoms with Crippen LogP contribution in [0.2, 0.25) is 0 Å². The molecular weight excluding hydrogens is 300 g/mol. The zero-order valence-corrected chi connectivity index (χ0v) is 14.4. The van der Waals surface area contributed by atoms with Gasteiger partial charge in [-0.25, -0.2) is 0 Å². The molecule has 1 aromatic heterocycles. The van der Waals surface area contributed by atoms with E-state index in [4.69, 9.17) is 0 Å². The SMILES string of the molecule is CC[C@@H]1CN(Cc2ccncc2)CC[C@@H]1NS(=O)(=O)N(C)C. The van der Waals surface area contributed by atoms with Gasteiger partial charge >= 0.3 is 0 Å². The molecule has 0 bridgehead atoms. The number of hydrogen-bond acceptors (Lipinski definition) is 4. The normalized spacial score (nSPS) is 23.8. The van der Waals surface area contributed by atoms with Gasteiger partial charge in [0.05, 0.1) is 0 Å². The van der Waals surface area contributed by atoms with Crippen molar-refractivity contribution in [2.45, 2.75) is 32.4 Å². The molecule has 22 heavy (non-hydrogen) atoms. The molecule has 0 aromatic carbocycles. The third kappa shape index (κ3) is 4.49. The molecule has 1 aliphatic rings. The summed E-state index contributed by atoms with van der Waals surface area (Å²) in [5, 5.41) is 0. The molecule has 1 fully saturated rings. The minimum Gasteiger partial charge on any atom is -0.299 e. The van der Waals surface area contributed by atoms with Gasteiger partial charge in [0.1, 0.15) is 0 Å². The molecule has 1 aromatic rings. The van der Waals surface area contributed by atoms with Crippen molar-refractivity contribution in [3.05, 3.63) is 30.1 Å². The van der Waals surface area contributed by atoms with Crippen molar-refractivity contribution in [3.63, 3.8) is 0 Å². The monoisotopic (exact) mass is 326 g/mol. The molecule has 6 nitrogen and oxygen atoms in total. The molecule has 2 heterocycles. The molecule has 0 saturated carbocycles. The molecule has 0 aliphatic carbocycles. The second kappa shape index (κ2) is 7.50. The second-order valence-corrected chi connectivity index (χ2v) is 7.98. The summed E-state index contributed by atoms with van der Waals surface area (Å²) in [6, 6.07) is 4.08. The van der Waals surface area contributed by atoms with Crippen molar-refractivity contribution < 1.29 is 8.42 Å². The Morgan fingerprint density at radius 1 is 1.36 bits per heavy atom. The first-order chi connectivity index (χ1) is 10.4. The first kappa shape index (κ1) is 17.3. The second-order valence-electron chi connectivity index (χ2n) is 6.06. The summed E-state index contributed by atoms with van der Waals surface area (Å²) < 4.78 is 28.1. The van der Waals surface area contributed by atoms with E-state index in [2.05, 4.69) is 21.5 Å². The highest BCUT2D eigenvalue weighted by atomic mass is 32.2. The molecule has 0 spiro atoms. The van der Waals surface area contributed by atoms with Crippen LogP contribution in [0, 0.1) is 5.92 Å². The fourth-order valence-corrected chi connectivity index (χ4v) is 3.77. The Bertz CT molecular complexity index is 562. The Balaban J connectivity index is 1.96. The Kier molecular flexibility index (Phi) is 5.91. The highest BCUT2D eigenvalue weighted by Gasteiger charge is 2.31. The summed E-state index contributed by atoms with van der Waals surface area (Å²) in [6.07, 6.45) is 5.43. The van der Waals surface area contributed by atoms with Crippen molar-refractivity contribution in [1.29, 1.82) is 0 Å². The van der Waals surface area contributed by atoms with E-state index in [1.807, 2.05) is 24.5 Å². The van der Waals surface area contributed by atoms with Crippen LogP contribution in [-0.4, -0.2) is 55.8 Å². The molecule has 0 amide bonds. The van der Waals surface area contributed by atoms with Crippen LogP contribution in [0.4, 0.5) is 0 Å². The van der Waals surface area contributed by atoms with E-state index < -0.39 is 10.2 Å². The van der Waals surface area contributed by atoms with Gasteiger partial charge in [-0.1, -0.05) is 13.3 Å². The Morgan fingerprint density at radius 3 is 2.64 bits per heavy atom. The number of hydrogen-bond donors (Lipinski definition) is 1. The van der Waals surface area contributed by atoms with Gasteiger partial charge in [-0.15, -0.1) is 0 Å². The highest BCUT2D eigenvalue weighted by molar-refractivity contribution is 7.87. The lowest BCUT2D eigenvalue weighted by Gasteiger charge is -2.38. The molecule has 2 rings (SSSR count). The van der Waals surface area contributed by atoms with Crippen molar-refractivity contribution in [2.24, 2.45) is 5.92 Å². The minimum atomic E-state index is -3.36. The van der Waals surface area contributed by atoms with Crippen LogP contribution in [0.3, 0.4) is 0 Å². The number of aromatic nitrogens is 1. The Labute approximate surface area is 133 Å². The highest BCUT2D eigenvalue weighted by Crippen LogP contribution is 2.22. The van der Waals surface area contributed by atoms with Crippen molar-refractivity contribution >= 4 is 10.2 Å². The van der Waals surface area contributed by atoms with Gasteiger partial charge < -0.3 is 0 Å². The van der Waals surface area contributed by atoms with E-state index in [0.29, 0.717) is 5.92 Å². The smallest absolute Gasteiger partial charge is 0.279 e. The van der Waals surface area contributed by atoms with Gasteiger partial charge in [0, 0.05) is 52.2 Å². The van der Waals surface area contributed by atoms with Gasteiger partial charge in [0.25, 0.3) is 10.2 Å². The fraction of sp³-hybridized carbons (Fsp3) is 0.667. The lowest BCUT2D eigenvalue weighted by molar-refractivity contribution is 0.138. The van der Waals surface area contributed by atoms with Crippen LogP contribution >= 0.6 is 0 Å². The maximum Gasteiger partial charge on any atom is 0.279 e. The molecule has 2 atom stereocenters. The molecule has 1 N–H and O–H groups in total. The van der Waals surface area contributed by atoms with E-state index >= 15 is 0 Å². The average Bonchev–Trinajstić information content (AvgIpc) is 2.49. The first-order valence-corrected chi connectivity index (χ1v) is 9.17. The molecule has 7 heteroatoms. The van der Waals surface area contributed by atoms with Crippen LogP contribution in [-0.2, 0) is 16.8 Å². The van der Waals surface area contributed by atoms with Crippen LogP contribution in [0.5, 0.6) is 0 Å². The zero-order valence-electron chi connectivity index (χ0n) is 13.6. The maximum absolute atomic E-state index is 12.0. The third-order valence-electron chi connectivity index (χ3n) is 4.28. The van der Waals surface area contributed by atoms with E-state index in [1.165, 1.54) is 9.87 Å². The fourth-order valence-electron chi connectivity index (χ4n) is 2.86. The summed E-state index contributed by atoms with van der Waals surface area (Å²) >= 11 is 0. The topological polar surface area (TPSA) is 65.5 Å². The minimum absolute atomic E-state index is 0.0195. The molecular formula is C15H26N4O2S. The van der Waals surface area contributed by atoms with Crippen LogP contribution in [0.15, 0.2) is 24.5 Å². The Hall–Kier alpha value is -1.02. The van der Waals surface area contributed by atoms with Crippen LogP contribution in [0.1, 0.15) is 25.3 Å². The van der Waals surface area contributed by atoms with E-state index in [0.717, 1.165) is 32.5 Å². The van der Waals surface area contributed by atoms with Crippen molar-refractivity contribution in [3.8, 4) is 0 Å². The standard InChI is InChI=1S/C15H26N4O2S/c1-4-14-12-19(11-13-5-8-16-9-6-13)10-7-15(14)17-22(20,21)18(2)3/h5-6,8-9,14-15,17H,4,7,10-12H2,1-3H3/t14-,15+/m1/s1.